The number of rotatable bonds is 1. The second-order valence-corrected chi connectivity index (χ2v) is 2.23. The van der Waals surface area contributed by atoms with Gasteiger partial charge in [0.05, 0.1) is 0 Å². The molecule has 0 spiro atoms. The van der Waals surface area contributed by atoms with Gasteiger partial charge in [-0.15, -0.1) is 0 Å². The third-order valence-corrected chi connectivity index (χ3v) is 1.19. The van der Waals surface area contributed by atoms with E-state index < -0.39 is 0 Å². The zero-order chi connectivity index (χ0) is 8.27. The minimum Gasteiger partial charge on any atom is -1.00 e. The summed E-state index contributed by atoms with van der Waals surface area (Å²) in [6.45, 7) is 1.44. The molecule has 0 bridgehead atoms. The summed E-state index contributed by atoms with van der Waals surface area (Å²) in [6.07, 6.45) is 0. The number of carbonyl (C=O) groups excluding carboxylic acids is 1. The Morgan fingerprint density at radius 3 is 2.33 bits per heavy atom. The van der Waals surface area contributed by atoms with Gasteiger partial charge < -0.3 is 11.8 Å². The van der Waals surface area contributed by atoms with E-state index in [0.29, 0.717) is 5.69 Å². The van der Waals surface area contributed by atoms with E-state index in [1.54, 1.807) is 12.1 Å². The zero-order valence-electron chi connectivity index (χ0n) is 8.16. The Labute approximate surface area is 115 Å². The molecule has 60 valence electrons. The molecule has 1 amide bonds. The molecular formula is C8H10KNO2. The van der Waals surface area contributed by atoms with Crippen LogP contribution in [0.15, 0.2) is 24.3 Å². The van der Waals surface area contributed by atoms with Crippen molar-refractivity contribution in [1.29, 1.82) is 0 Å². The maximum Gasteiger partial charge on any atom is 1.00 e. The summed E-state index contributed by atoms with van der Waals surface area (Å²) < 4.78 is 0. The maximum atomic E-state index is 10.5. The summed E-state index contributed by atoms with van der Waals surface area (Å²) in [5.74, 6) is 0.0785. The topological polar surface area (TPSA) is 49.3 Å². The Morgan fingerprint density at radius 1 is 1.42 bits per heavy atom. The molecule has 1 rings (SSSR count). The Morgan fingerprint density at radius 2 is 1.92 bits per heavy atom. The SMILES string of the molecule is CC(=O)Nc1ccc(O)cc1.[H-].[K+]. The second kappa shape index (κ2) is 5.72. The van der Waals surface area contributed by atoms with E-state index in [1.165, 1.54) is 19.1 Å². The number of benzene rings is 1. The van der Waals surface area contributed by atoms with Crippen LogP contribution in [0, 0.1) is 0 Å². The van der Waals surface area contributed by atoms with Gasteiger partial charge in [-0.25, -0.2) is 0 Å². The van der Waals surface area contributed by atoms with Crippen LogP contribution >= 0.6 is 0 Å². The number of amides is 1. The van der Waals surface area contributed by atoms with Crippen LogP contribution < -0.4 is 56.7 Å². The number of phenols is 1. The van der Waals surface area contributed by atoms with Gasteiger partial charge in [0.1, 0.15) is 5.75 Å². The molecule has 2 N–H and O–H groups in total. The summed E-state index contributed by atoms with van der Waals surface area (Å²) in [5, 5.41) is 11.5. The number of anilines is 1. The van der Waals surface area contributed by atoms with Gasteiger partial charge in [0.25, 0.3) is 0 Å². The zero-order valence-corrected chi connectivity index (χ0v) is 10.3. The van der Waals surface area contributed by atoms with Crippen molar-refractivity contribution >= 4 is 11.6 Å². The van der Waals surface area contributed by atoms with Crippen LogP contribution in [0.1, 0.15) is 8.35 Å². The second-order valence-electron chi connectivity index (χ2n) is 2.23. The maximum absolute atomic E-state index is 10.5. The third-order valence-electron chi connectivity index (χ3n) is 1.19. The third kappa shape index (κ3) is 4.23. The summed E-state index contributed by atoms with van der Waals surface area (Å²) in [7, 11) is 0. The van der Waals surface area contributed by atoms with E-state index in [0.717, 1.165) is 0 Å². The van der Waals surface area contributed by atoms with E-state index in [1.807, 2.05) is 0 Å². The fraction of sp³-hybridized carbons (Fsp3) is 0.125. The smallest absolute Gasteiger partial charge is 1.00 e. The van der Waals surface area contributed by atoms with Crippen molar-refractivity contribution < 1.29 is 62.7 Å². The molecule has 12 heavy (non-hydrogen) atoms. The number of hydrogen-bond acceptors (Lipinski definition) is 2. The minimum atomic E-state index is -0.115. The van der Waals surface area contributed by atoms with Crippen LogP contribution in [0.3, 0.4) is 0 Å². The molecule has 0 aliphatic carbocycles. The quantitative estimate of drug-likeness (QED) is 0.418. The van der Waals surface area contributed by atoms with Crippen molar-refractivity contribution in [3.8, 4) is 5.75 Å². The number of carbonyl (C=O) groups is 1. The van der Waals surface area contributed by atoms with Gasteiger partial charge in [-0.3, -0.25) is 4.79 Å². The fourth-order valence-corrected chi connectivity index (χ4v) is 0.748. The first kappa shape index (κ1) is 12.1. The summed E-state index contributed by atoms with van der Waals surface area (Å²) in [6, 6.07) is 6.31. The Hall–Kier alpha value is 0.126. The Balaban J connectivity index is 0. The van der Waals surface area contributed by atoms with Crippen LogP contribution in [0.4, 0.5) is 5.69 Å². The number of nitrogens with one attached hydrogen (secondary N) is 1. The first-order chi connectivity index (χ1) is 5.18. The molecular weight excluding hydrogens is 181 g/mol. The largest absolute Gasteiger partial charge is 1.00 e. The molecule has 0 fully saturated rings. The van der Waals surface area contributed by atoms with Crippen molar-refractivity contribution in [2.45, 2.75) is 6.92 Å². The molecule has 4 heteroatoms. The van der Waals surface area contributed by atoms with Crippen LogP contribution in [-0.4, -0.2) is 11.0 Å². The van der Waals surface area contributed by atoms with Crippen molar-refractivity contribution in [2.24, 2.45) is 0 Å². The van der Waals surface area contributed by atoms with Crippen molar-refractivity contribution in [2.75, 3.05) is 5.32 Å². The van der Waals surface area contributed by atoms with Crippen LogP contribution in [-0.2, 0) is 4.79 Å². The van der Waals surface area contributed by atoms with Gasteiger partial charge in [0, 0.05) is 12.6 Å². The predicted octanol–water partition coefficient (Wildman–Crippen LogP) is -1.53. The minimum absolute atomic E-state index is 0. The molecule has 1 aromatic rings. The van der Waals surface area contributed by atoms with Crippen LogP contribution in [0.25, 0.3) is 0 Å². The predicted molar refractivity (Wildman–Crippen MR) is 43.5 cm³/mol. The van der Waals surface area contributed by atoms with Gasteiger partial charge >= 0.3 is 51.4 Å². The standard InChI is InChI=1S/C8H9NO2.K.H/c1-6(10)9-7-2-4-8(11)5-3-7;;/h2-5,11H,1H3,(H,9,10);;/q;+1;-1. The number of phenolic OH excluding ortho intramolecular Hbond substituents is 1. The molecule has 0 aliphatic rings. The molecule has 0 aliphatic heterocycles. The molecule has 0 atom stereocenters. The molecule has 3 nitrogen and oxygen atoms in total. The molecule has 0 unspecified atom stereocenters. The molecule has 0 aromatic heterocycles. The van der Waals surface area contributed by atoms with Gasteiger partial charge in [0.2, 0.25) is 5.91 Å². The molecule has 0 heterocycles. The first-order valence-electron chi connectivity index (χ1n) is 3.25. The number of hydrogen-bond donors (Lipinski definition) is 2. The van der Waals surface area contributed by atoms with Crippen LogP contribution in [0.2, 0.25) is 0 Å². The van der Waals surface area contributed by atoms with Crippen LogP contribution in [0.5, 0.6) is 5.75 Å². The summed E-state index contributed by atoms with van der Waals surface area (Å²) in [5.41, 5.74) is 0.690. The van der Waals surface area contributed by atoms with Gasteiger partial charge in [-0.05, 0) is 24.3 Å². The van der Waals surface area contributed by atoms with Gasteiger partial charge in [-0.1, -0.05) is 0 Å². The molecule has 0 saturated heterocycles. The average Bonchev–Trinajstić information content (AvgIpc) is 1.93. The van der Waals surface area contributed by atoms with E-state index in [-0.39, 0.29) is 64.5 Å². The Kier molecular flexibility index (Phi) is 5.78. The van der Waals surface area contributed by atoms with Crippen molar-refractivity contribution in [3.63, 3.8) is 0 Å². The molecule has 0 saturated carbocycles. The van der Waals surface area contributed by atoms with Gasteiger partial charge in [0.15, 0.2) is 0 Å². The average molecular weight is 191 g/mol. The summed E-state index contributed by atoms with van der Waals surface area (Å²) >= 11 is 0. The monoisotopic (exact) mass is 191 g/mol. The van der Waals surface area contributed by atoms with Crippen molar-refractivity contribution in [3.05, 3.63) is 24.3 Å². The molecule has 1 aromatic carbocycles. The van der Waals surface area contributed by atoms with E-state index >= 15 is 0 Å². The summed E-state index contributed by atoms with van der Waals surface area (Å²) in [4.78, 5) is 10.5. The normalized spacial score (nSPS) is 8.42. The fourth-order valence-electron chi connectivity index (χ4n) is 0.748. The number of aromatic hydroxyl groups is 1. The van der Waals surface area contributed by atoms with Gasteiger partial charge in [-0.2, -0.15) is 0 Å². The Bertz CT molecular complexity index is 263. The molecule has 0 radical (unpaired) electrons. The van der Waals surface area contributed by atoms with E-state index in [9.17, 15) is 4.79 Å². The van der Waals surface area contributed by atoms with Crippen molar-refractivity contribution in [1.82, 2.24) is 0 Å². The first-order valence-corrected chi connectivity index (χ1v) is 3.25. The van der Waals surface area contributed by atoms with E-state index in [2.05, 4.69) is 5.32 Å². The van der Waals surface area contributed by atoms with E-state index in [4.69, 9.17) is 5.11 Å².